The molecule has 1 aromatic rings. The van der Waals surface area contributed by atoms with Gasteiger partial charge in [0.25, 0.3) is 0 Å². The van der Waals surface area contributed by atoms with Crippen LogP contribution in [-0.4, -0.2) is 30.0 Å². The third kappa shape index (κ3) is 3.77. The monoisotopic (exact) mass is 302 g/mol. The lowest BCUT2D eigenvalue weighted by Crippen LogP contribution is -2.31. The molecule has 3 rings (SSSR count). The van der Waals surface area contributed by atoms with Crippen molar-refractivity contribution in [1.82, 2.24) is 10.3 Å². The second-order valence-electron chi connectivity index (χ2n) is 6.56. The number of carbonyl (C=O) groups excluding carboxylic acids is 1. The van der Waals surface area contributed by atoms with Gasteiger partial charge in [0, 0.05) is 37.8 Å². The summed E-state index contributed by atoms with van der Waals surface area (Å²) in [5, 5.41) is 3.05. The van der Waals surface area contributed by atoms with Crippen LogP contribution in [0.1, 0.15) is 44.1 Å². The molecule has 1 amide bonds. The molecule has 1 saturated carbocycles. The Labute approximate surface area is 132 Å². The van der Waals surface area contributed by atoms with E-state index in [9.17, 15) is 4.79 Å². The molecule has 120 valence electrons. The molecule has 2 atom stereocenters. The van der Waals surface area contributed by atoms with Gasteiger partial charge in [-0.3, -0.25) is 4.79 Å². The number of rotatable bonds is 4. The number of pyridine rings is 1. The van der Waals surface area contributed by atoms with Gasteiger partial charge in [0.2, 0.25) is 5.91 Å². The standard InChI is InChI=1S/C17H26N4O/c18-15-5-4-14(11-15)17(22)20-12-13-6-7-19-16(10-13)21-8-2-1-3-9-21/h6-7,10,14-15H,1-5,8-9,11-12,18H2,(H,20,22). The van der Waals surface area contributed by atoms with E-state index < -0.39 is 0 Å². The van der Waals surface area contributed by atoms with Crippen LogP contribution in [0, 0.1) is 5.92 Å². The predicted molar refractivity (Wildman–Crippen MR) is 87.5 cm³/mol. The lowest BCUT2D eigenvalue weighted by Gasteiger charge is -2.28. The van der Waals surface area contributed by atoms with Gasteiger partial charge in [0.05, 0.1) is 0 Å². The number of amides is 1. The Kier molecular flexibility index (Phi) is 4.93. The molecule has 2 aliphatic rings. The highest BCUT2D eigenvalue weighted by molar-refractivity contribution is 5.79. The van der Waals surface area contributed by atoms with Crippen molar-refractivity contribution in [2.24, 2.45) is 11.7 Å². The van der Waals surface area contributed by atoms with Gasteiger partial charge in [-0.25, -0.2) is 4.98 Å². The summed E-state index contributed by atoms with van der Waals surface area (Å²) in [6.07, 6.45) is 8.35. The van der Waals surface area contributed by atoms with Crippen LogP contribution in [0.2, 0.25) is 0 Å². The first-order valence-corrected chi connectivity index (χ1v) is 8.45. The zero-order valence-electron chi connectivity index (χ0n) is 13.1. The number of hydrogen-bond donors (Lipinski definition) is 2. The van der Waals surface area contributed by atoms with E-state index in [-0.39, 0.29) is 17.9 Å². The van der Waals surface area contributed by atoms with Crippen LogP contribution >= 0.6 is 0 Å². The number of aromatic nitrogens is 1. The fraction of sp³-hybridized carbons (Fsp3) is 0.647. The molecule has 0 spiro atoms. The Morgan fingerprint density at radius 3 is 2.86 bits per heavy atom. The molecule has 2 heterocycles. The number of piperidine rings is 1. The van der Waals surface area contributed by atoms with Crippen molar-refractivity contribution in [2.45, 2.75) is 51.1 Å². The minimum Gasteiger partial charge on any atom is -0.357 e. The third-order valence-electron chi connectivity index (χ3n) is 4.80. The number of anilines is 1. The van der Waals surface area contributed by atoms with E-state index in [0.29, 0.717) is 6.54 Å². The summed E-state index contributed by atoms with van der Waals surface area (Å²) in [7, 11) is 0. The van der Waals surface area contributed by atoms with Crippen LogP contribution in [0.5, 0.6) is 0 Å². The lowest BCUT2D eigenvalue weighted by molar-refractivity contribution is -0.125. The molecule has 5 nitrogen and oxygen atoms in total. The van der Waals surface area contributed by atoms with Crippen molar-refractivity contribution < 1.29 is 4.79 Å². The molecule has 1 aliphatic heterocycles. The number of nitrogens with two attached hydrogens (primary N) is 1. The minimum absolute atomic E-state index is 0.0957. The quantitative estimate of drug-likeness (QED) is 0.890. The van der Waals surface area contributed by atoms with Crippen LogP contribution in [0.3, 0.4) is 0 Å². The zero-order valence-corrected chi connectivity index (χ0v) is 13.1. The van der Waals surface area contributed by atoms with Crippen molar-refractivity contribution >= 4 is 11.7 Å². The van der Waals surface area contributed by atoms with Crippen molar-refractivity contribution in [3.63, 3.8) is 0 Å². The van der Waals surface area contributed by atoms with Crippen molar-refractivity contribution in [2.75, 3.05) is 18.0 Å². The highest BCUT2D eigenvalue weighted by Crippen LogP contribution is 2.24. The zero-order chi connectivity index (χ0) is 15.4. The molecule has 3 N–H and O–H groups in total. The summed E-state index contributed by atoms with van der Waals surface area (Å²) in [5.41, 5.74) is 7.00. The van der Waals surface area contributed by atoms with E-state index in [0.717, 1.165) is 43.7 Å². The highest BCUT2D eigenvalue weighted by Gasteiger charge is 2.27. The number of nitrogens with zero attached hydrogens (tertiary/aromatic N) is 2. The maximum atomic E-state index is 12.2. The molecule has 22 heavy (non-hydrogen) atoms. The van der Waals surface area contributed by atoms with Crippen LogP contribution in [-0.2, 0) is 11.3 Å². The molecular formula is C17H26N4O. The Hall–Kier alpha value is -1.62. The maximum Gasteiger partial charge on any atom is 0.223 e. The van der Waals surface area contributed by atoms with Gasteiger partial charge < -0.3 is 16.0 Å². The van der Waals surface area contributed by atoms with Crippen LogP contribution < -0.4 is 16.0 Å². The van der Waals surface area contributed by atoms with E-state index in [1.54, 1.807) is 0 Å². The lowest BCUT2D eigenvalue weighted by atomic mass is 10.1. The first kappa shape index (κ1) is 15.3. The molecular weight excluding hydrogens is 276 g/mol. The normalized spacial score (nSPS) is 25.2. The molecule has 1 aromatic heterocycles. The Balaban J connectivity index is 1.55. The SMILES string of the molecule is NC1CCC(C(=O)NCc2ccnc(N3CCCCC3)c2)C1. The van der Waals surface area contributed by atoms with Crippen molar-refractivity contribution in [3.05, 3.63) is 23.9 Å². The van der Waals surface area contributed by atoms with Crippen molar-refractivity contribution in [1.29, 1.82) is 0 Å². The average Bonchev–Trinajstić information content (AvgIpc) is 3.00. The summed E-state index contributed by atoms with van der Waals surface area (Å²) in [4.78, 5) is 19.0. The molecule has 0 bridgehead atoms. The molecule has 1 aliphatic carbocycles. The molecule has 2 unspecified atom stereocenters. The second kappa shape index (κ2) is 7.09. The summed E-state index contributed by atoms with van der Waals surface area (Å²) in [6, 6.07) is 4.28. The number of hydrogen-bond acceptors (Lipinski definition) is 4. The Morgan fingerprint density at radius 2 is 2.14 bits per heavy atom. The van der Waals surface area contributed by atoms with Gasteiger partial charge >= 0.3 is 0 Å². The number of carbonyl (C=O) groups is 1. The second-order valence-corrected chi connectivity index (χ2v) is 6.56. The average molecular weight is 302 g/mol. The summed E-state index contributed by atoms with van der Waals surface area (Å²) in [5.74, 6) is 1.28. The Bertz CT molecular complexity index is 513. The molecule has 1 saturated heterocycles. The van der Waals surface area contributed by atoms with Gasteiger partial charge in [-0.2, -0.15) is 0 Å². The molecule has 0 aromatic carbocycles. The third-order valence-corrected chi connectivity index (χ3v) is 4.80. The van der Waals surface area contributed by atoms with Crippen LogP contribution in [0.15, 0.2) is 18.3 Å². The summed E-state index contributed by atoms with van der Waals surface area (Å²) in [6.45, 7) is 2.75. The maximum absolute atomic E-state index is 12.2. The fourth-order valence-electron chi connectivity index (χ4n) is 3.45. The molecule has 2 fully saturated rings. The van der Waals surface area contributed by atoms with Gasteiger partial charge in [0.1, 0.15) is 5.82 Å². The van der Waals surface area contributed by atoms with Crippen LogP contribution in [0.25, 0.3) is 0 Å². The van der Waals surface area contributed by atoms with Gasteiger partial charge in [-0.15, -0.1) is 0 Å². The van der Waals surface area contributed by atoms with E-state index in [1.807, 2.05) is 12.3 Å². The van der Waals surface area contributed by atoms with Gasteiger partial charge in [0.15, 0.2) is 0 Å². The smallest absolute Gasteiger partial charge is 0.223 e. The van der Waals surface area contributed by atoms with Gasteiger partial charge in [-0.05, 0) is 56.2 Å². The Morgan fingerprint density at radius 1 is 1.32 bits per heavy atom. The largest absolute Gasteiger partial charge is 0.357 e. The van der Waals surface area contributed by atoms with E-state index in [4.69, 9.17) is 5.73 Å². The summed E-state index contributed by atoms with van der Waals surface area (Å²) < 4.78 is 0. The van der Waals surface area contributed by atoms with E-state index in [2.05, 4.69) is 21.3 Å². The van der Waals surface area contributed by atoms with Crippen LogP contribution in [0.4, 0.5) is 5.82 Å². The first-order chi connectivity index (χ1) is 10.7. The summed E-state index contributed by atoms with van der Waals surface area (Å²) >= 11 is 0. The van der Waals surface area contributed by atoms with Crippen molar-refractivity contribution in [3.8, 4) is 0 Å². The van der Waals surface area contributed by atoms with Gasteiger partial charge in [-0.1, -0.05) is 0 Å². The molecule has 0 radical (unpaired) electrons. The fourth-order valence-corrected chi connectivity index (χ4v) is 3.45. The minimum atomic E-state index is 0.0957. The van der Waals surface area contributed by atoms with E-state index in [1.165, 1.54) is 19.3 Å². The predicted octanol–water partition coefficient (Wildman–Crippen LogP) is 1.82. The van der Waals surface area contributed by atoms with E-state index >= 15 is 0 Å². The molecule has 5 heteroatoms. The first-order valence-electron chi connectivity index (χ1n) is 8.45. The highest BCUT2D eigenvalue weighted by atomic mass is 16.1. The number of nitrogens with one attached hydrogen (secondary N) is 1. The topological polar surface area (TPSA) is 71.2 Å².